The minimum atomic E-state index is -3.42. The Hall–Kier alpha value is -0.620. The molecule has 1 aliphatic carbocycles. The molecule has 1 rings (SSSR count). The van der Waals surface area contributed by atoms with Crippen molar-refractivity contribution in [1.29, 1.82) is 0 Å². The van der Waals surface area contributed by atoms with Crippen LogP contribution in [0.25, 0.3) is 0 Å². The number of hydrogen-bond donors (Lipinski definition) is 2. The number of aliphatic carboxylic acids is 1. The molecule has 0 amide bonds. The van der Waals surface area contributed by atoms with Gasteiger partial charge >= 0.3 is 5.97 Å². The van der Waals surface area contributed by atoms with Gasteiger partial charge in [0.25, 0.3) is 0 Å². The van der Waals surface area contributed by atoms with Crippen LogP contribution in [-0.4, -0.2) is 31.3 Å². The van der Waals surface area contributed by atoms with Crippen molar-refractivity contribution in [1.82, 2.24) is 4.72 Å². The van der Waals surface area contributed by atoms with Crippen LogP contribution in [0.4, 0.5) is 0 Å². The molecule has 1 fully saturated rings. The average Bonchev–Trinajstić information content (AvgIpc) is 2.94. The van der Waals surface area contributed by atoms with Crippen molar-refractivity contribution in [3.8, 4) is 0 Å². The van der Waals surface area contributed by atoms with Gasteiger partial charge in [0.1, 0.15) is 6.04 Å². The maximum atomic E-state index is 11.6. The molecule has 5 nitrogen and oxygen atoms in total. The molecule has 0 spiro atoms. The third-order valence-electron chi connectivity index (χ3n) is 2.62. The SMILES string of the molecule is CCCCC(NS(=O)(=O)CC1CC1)C(=O)O. The lowest BCUT2D eigenvalue weighted by Gasteiger charge is -2.14. The molecule has 1 atom stereocenters. The predicted octanol–water partition coefficient (Wildman–Crippen LogP) is 0.959. The van der Waals surface area contributed by atoms with Gasteiger partial charge in [-0.05, 0) is 25.2 Å². The van der Waals surface area contributed by atoms with E-state index in [2.05, 4.69) is 4.72 Å². The number of hydrogen-bond acceptors (Lipinski definition) is 3. The smallest absolute Gasteiger partial charge is 0.321 e. The Bertz CT molecular complexity index is 335. The van der Waals surface area contributed by atoms with E-state index < -0.39 is 22.0 Å². The number of carbonyl (C=O) groups is 1. The molecule has 94 valence electrons. The highest BCUT2D eigenvalue weighted by atomic mass is 32.2. The first-order valence-electron chi connectivity index (χ1n) is 5.67. The van der Waals surface area contributed by atoms with Crippen molar-refractivity contribution in [2.75, 3.05) is 5.75 Å². The minimum Gasteiger partial charge on any atom is -0.480 e. The molecule has 16 heavy (non-hydrogen) atoms. The summed E-state index contributed by atoms with van der Waals surface area (Å²) in [5, 5.41) is 8.89. The third kappa shape index (κ3) is 4.94. The topological polar surface area (TPSA) is 83.5 Å². The normalized spacial score (nSPS) is 18.3. The number of rotatable bonds is 8. The first kappa shape index (κ1) is 13.4. The molecule has 2 N–H and O–H groups in total. The van der Waals surface area contributed by atoms with Crippen molar-refractivity contribution in [2.45, 2.75) is 45.1 Å². The summed E-state index contributed by atoms with van der Waals surface area (Å²) in [6.07, 6.45) is 3.80. The van der Waals surface area contributed by atoms with E-state index in [1.807, 2.05) is 6.92 Å². The van der Waals surface area contributed by atoms with Crippen LogP contribution in [0.5, 0.6) is 0 Å². The number of unbranched alkanes of at least 4 members (excludes halogenated alkanes) is 1. The average molecular weight is 249 g/mol. The zero-order valence-electron chi connectivity index (χ0n) is 9.48. The van der Waals surface area contributed by atoms with E-state index in [1.165, 1.54) is 0 Å². The predicted molar refractivity (Wildman–Crippen MR) is 60.6 cm³/mol. The van der Waals surface area contributed by atoms with Crippen molar-refractivity contribution < 1.29 is 18.3 Å². The summed E-state index contributed by atoms with van der Waals surface area (Å²) >= 11 is 0. The molecule has 0 heterocycles. The fourth-order valence-corrected chi connectivity index (χ4v) is 3.20. The van der Waals surface area contributed by atoms with Gasteiger partial charge in [0.2, 0.25) is 10.0 Å². The molecule has 1 saturated carbocycles. The summed E-state index contributed by atoms with van der Waals surface area (Å²) in [6, 6.07) is -0.969. The van der Waals surface area contributed by atoms with Crippen LogP contribution in [0.2, 0.25) is 0 Å². The Labute approximate surface area is 96.3 Å². The first-order chi connectivity index (χ1) is 7.44. The van der Waals surface area contributed by atoms with E-state index in [9.17, 15) is 13.2 Å². The zero-order valence-corrected chi connectivity index (χ0v) is 10.3. The largest absolute Gasteiger partial charge is 0.480 e. The van der Waals surface area contributed by atoms with Crippen LogP contribution in [0.3, 0.4) is 0 Å². The number of carboxylic acids is 1. The monoisotopic (exact) mass is 249 g/mol. The van der Waals surface area contributed by atoms with E-state index in [-0.39, 0.29) is 11.7 Å². The third-order valence-corrected chi connectivity index (χ3v) is 4.17. The second-order valence-corrected chi connectivity index (χ2v) is 6.17. The Morgan fingerprint density at radius 1 is 1.50 bits per heavy atom. The Balaban J connectivity index is 2.48. The lowest BCUT2D eigenvalue weighted by atomic mass is 10.1. The quantitative estimate of drug-likeness (QED) is 0.671. The van der Waals surface area contributed by atoms with Gasteiger partial charge in [0, 0.05) is 0 Å². The van der Waals surface area contributed by atoms with E-state index in [1.54, 1.807) is 0 Å². The van der Waals surface area contributed by atoms with Crippen LogP contribution >= 0.6 is 0 Å². The fraction of sp³-hybridized carbons (Fsp3) is 0.900. The number of nitrogens with one attached hydrogen (secondary N) is 1. The maximum Gasteiger partial charge on any atom is 0.321 e. The molecule has 1 unspecified atom stereocenters. The van der Waals surface area contributed by atoms with Crippen molar-refractivity contribution >= 4 is 16.0 Å². The van der Waals surface area contributed by atoms with Crippen molar-refractivity contribution in [3.63, 3.8) is 0 Å². The summed E-state index contributed by atoms with van der Waals surface area (Å²) in [7, 11) is -3.42. The highest BCUT2D eigenvalue weighted by molar-refractivity contribution is 7.89. The molecule has 0 aliphatic heterocycles. The Morgan fingerprint density at radius 2 is 2.12 bits per heavy atom. The summed E-state index contributed by atoms with van der Waals surface area (Å²) < 4.78 is 25.4. The summed E-state index contributed by atoms with van der Waals surface area (Å²) in [4.78, 5) is 10.9. The highest BCUT2D eigenvalue weighted by Crippen LogP contribution is 2.30. The van der Waals surface area contributed by atoms with Crippen molar-refractivity contribution in [3.05, 3.63) is 0 Å². The van der Waals surface area contributed by atoms with E-state index in [0.717, 1.165) is 19.3 Å². The Kier molecular flexibility index (Phi) is 4.73. The van der Waals surface area contributed by atoms with Crippen LogP contribution in [0.15, 0.2) is 0 Å². The molecule has 0 saturated heterocycles. The molecule has 0 bridgehead atoms. The lowest BCUT2D eigenvalue weighted by molar-refractivity contribution is -0.139. The van der Waals surface area contributed by atoms with Crippen molar-refractivity contribution in [2.24, 2.45) is 5.92 Å². The molecule has 0 aromatic carbocycles. The van der Waals surface area contributed by atoms with Gasteiger partial charge in [0.05, 0.1) is 5.75 Å². The molecular weight excluding hydrogens is 230 g/mol. The molecule has 6 heteroatoms. The highest BCUT2D eigenvalue weighted by Gasteiger charge is 2.30. The number of sulfonamides is 1. The van der Waals surface area contributed by atoms with Gasteiger partial charge < -0.3 is 5.11 Å². The molecule has 1 aliphatic rings. The van der Waals surface area contributed by atoms with Crippen LogP contribution in [-0.2, 0) is 14.8 Å². The van der Waals surface area contributed by atoms with Gasteiger partial charge in [-0.15, -0.1) is 0 Å². The Morgan fingerprint density at radius 3 is 2.56 bits per heavy atom. The fourth-order valence-electron chi connectivity index (χ4n) is 1.50. The van der Waals surface area contributed by atoms with Gasteiger partial charge in [-0.3, -0.25) is 4.79 Å². The van der Waals surface area contributed by atoms with Gasteiger partial charge in [-0.2, -0.15) is 0 Å². The molecule has 0 aromatic rings. The zero-order chi connectivity index (χ0) is 12.2. The second-order valence-electron chi connectivity index (χ2n) is 4.38. The summed E-state index contributed by atoms with van der Waals surface area (Å²) in [5.41, 5.74) is 0. The standard InChI is InChI=1S/C10H19NO4S/c1-2-3-4-9(10(12)13)11-16(14,15)7-8-5-6-8/h8-9,11H,2-7H2,1H3,(H,12,13). The van der Waals surface area contributed by atoms with E-state index in [4.69, 9.17) is 5.11 Å². The van der Waals surface area contributed by atoms with Gasteiger partial charge in [-0.1, -0.05) is 19.8 Å². The second kappa shape index (κ2) is 5.63. The van der Waals surface area contributed by atoms with Crippen LogP contribution in [0.1, 0.15) is 39.0 Å². The number of carboxylic acid groups (broad SMARTS) is 1. The molecular formula is C10H19NO4S. The van der Waals surface area contributed by atoms with Gasteiger partial charge in [0.15, 0.2) is 0 Å². The first-order valence-corrected chi connectivity index (χ1v) is 7.32. The minimum absolute atomic E-state index is 0.0723. The maximum absolute atomic E-state index is 11.6. The summed E-state index contributed by atoms with van der Waals surface area (Å²) in [5.74, 6) is -0.783. The van der Waals surface area contributed by atoms with E-state index >= 15 is 0 Å². The lowest BCUT2D eigenvalue weighted by Crippen LogP contribution is -2.42. The molecule has 0 aromatic heterocycles. The molecule has 0 radical (unpaired) electrons. The summed E-state index contributed by atoms with van der Waals surface area (Å²) in [6.45, 7) is 1.94. The van der Waals surface area contributed by atoms with Crippen LogP contribution < -0.4 is 4.72 Å². The van der Waals surface area contributed by atoms with E-state index in [0.29, 0.717) is 12.8 Å². The van der Waals surface area contributed by atoms with Gasteiger partial charge in [-0.25, -0.2) is 13.1 Å². The van der Waals surface area contributed by atoms with Crippen LogP contribution in [0, 0.1) is 5.92 Å².